The van der Waals surface area contributed by atoms with Crippen LogP contribution in [0.5, 0.6) is 5.88 Å². The number of hydrogen-bond donors (Lipinski definition) is 1. The zero-order valence-corrected chi connectivity index (χ0v) is 10.1. The van der Waals surface area contributed by atoms with E-state index in [1.54, 1.807) is 6.07 Å². The molecule has 2 fully saturated rings. The van der Waals surface area contributed by atoms with Crippen LogP contribution in [0.4, 0.5) is 0 Å². The lowest BCUT2D eigenvalue weighted by Crippen LogP contribution is -2.56. The van der Waals surface area contributed by atoms with Crippen molar-refractivity contribution in [2.45, 2.75) is 31.0 Å². The molecule has 0 spiro atoms. The molecule has 5 nitrogen and oxygen atoms in total. The van der Waals surface area contributed by atoms with E-state index in [0.717, 1.165) is 26.1 Å². The van der Waals surface area contributed by atoms with Gasteiger partial charge in [-0.25, -0.2) is 9.97 Å². The normalized spacial score (nSPS) is 32.2. The number of rotatable bonds is 2. The first-order chi connectivity index (χ1) is 8.29. The Bertz CT molecular complexity index is 392. The van der Waals surface area contributed by atoms with E-state index in [-0.39, 0.29) is 6.10 Å². The summed E-state index contributed by atoms with van der Waals surface area (Å²) in [6.45, 7) is 1.53. The molecule has 0 saturated carbocycles. The summed E-state index contributed by atoms with van der Waals surface area (Å²) in [6, 6.07) is 2.44. The highest BCUT2D eigenvalue weighted by Crippen LogP contribution is 2.23. The van der Waals surface area contributed by atoms with E-state index in [4.69, 9.17) is 21.1 Å². The number of piperidine rings is 1. The minimum Gasteiger partial charge on any atom is -0.474 e. The molecular weight excluding hydrogens is 242 g/mol. The van der Waals surface area contributed by atoms with Crippen molar-refractivity contribution in [2.75, 3.05) is 13.2 Å². The van der Waals surface area contributed by atoms with Crippen LogP contribution in [0.3, 0.4) is 0 Å². The maximum atomic E-state index is 5.84. The van der Waals surface area contributed by atoms with E-state index in [0.29, 0.717) is 23.1 Å². The Morgan fingerprint density at radius 2 is 2.06 bits per heavy atom. The van der Waals surface area contributed by atoms with Crippen LogP contribution in [0.25, 0.3) is 0 Å². The summed E-state index contributed by atoms with van der Waals surface area (Å²) < 4.78 is 11.3. The summed E-state index contributed by atoms with van der Waals surface area (Å²) in [7, 11) is 0. The summed E-state index contributed by atoms with van der Waals surface area (Å²) >= 11 is 5.79. The monoisotopic (exact) mass is 255 g/mol. The number of aromatic nitrogens is 2. The van der Waals surface area contributed by atoms with E-state index >= 15 is 0 Å². The first-order valence-electron chi connectivity index (χ1n) is 5.77. The van der Waals surface area contributed by atoms with Crippen molar-refractivity contribution < 1.29 is 9.47 Å². The van der Waals surface area contributed by atoms with Crippen molar-refractivity contribution >= 4 is 11.6 Å². The molecule has 2 aliphatic heterocycles. The van der Waals surface area contributed by atoms with Gasteiger partial charge in [0.2, 0.25) is 5.88 Å². The molecule has 1 N–H and O–H groups in total. The van der Waals surface area contributed by atoms with Gasteiger partial charge in [-0.05, 0) is 0 Å². The van der Waals surface area contributed by atoms with E-state index in [2.05, 4.69) is 15.3 Å². The molecule has 1 aromatic heterocycles. The van der Waals surface area contributed by atoms with Crippen LogP contribution in [-0.2, 0) is 4.74 Å². The number of nitrogens with one attached hydrogen (secondary N) is 1. The second kappa shape index (κ2) is 4.76. The highest BCUT2D eigenvalue weighted by molar-refractivity contribution is 6.29. The lowest BCUT2D eigenvalue weighted by Gasteiger charge is -2.39. The van der Waals surface area contributed by atoms with Gasteiger partial charge in [-0.1, -0.05) is 11.6 Å². The quantitative estimate of drug-likeness (QED) is 0.800. The van der Waals surface area contributed by atoms with Crippen LogP contribution in [-0.4, -0.2) is 41.4 Å². The van der Waals surface area contributed by atoms with Gasteiger partial charge in [-0.2, -0.15) is 0 Å². The SMILES string of the molecule is Clc1cc(OC2CC3COCC(C2)N3)ncn1. The molecule has 17 heavy (non-hydrogen) atoms. The molecule has 2 saturated heterocycles. The van der Waals surface area contributed by atoms with Crippen molar-refractivity contribution in [3.05, 3.63) is 17.5 Å². The van der Waals surface area contributed by atoms with Crippen molar-refractivity contribution in [3.63, 3.8) is 0 Å². The van der Waals surface area contributed by atoms with Crippen LogP contribution >= 0.6 is 11.6 Å². The van der Waals surface area contributed by atoms with E-state index < -0.39 is 0 Å². The molecule has 0 aliphatic carbocycles. The number of morpholine rings is 1. The Morgan fingerprint density at radius 1 is 1.29 bits per heavy atom. The Kier molecular flexibility index (Phi) is 3.13. The molecule has 3 rings (SSSR count). The van der Waals surface area contributed by atoms with Crippen LogP contribution < -0.4 is 10.1 Å². The topological polar surface area (TPSA) is 56.3 Å². The number of halogens is 1. The van der Waals surface area contributed by atoms with E-state index in [1.165, 1.54) is 6.33 Å². The molecule has 2 aliphatic rings. The van der Waals surface area contributed by atoms with Crippen molar-refractivity contribution in [3.8, 4) is 5.88 Å². The number of fused-ring (bicyclic) bond motifs is 2. The van der Waals surface area contributed by atoms with Gasteiger partial charge in [0.05, 0.1) is 13.2 Å². The second-order valence-electron chi connectivity index (χ2n) is 4.49. The van der Waals surface area contributed by atoms with Gasteiger partial charge >= 0.3 is 0 Å². The molecule has 2 unspecified atom stereocenters. The Labute approximate surface area is 104 Å². The predicted octanol–water partition coefficient (Wildman–Crippen LogP) is 1.03. The average Bonchev–Trinajstić information content (AvgIpc) is 2.28. The predicted molar refractivity (Wildman–Crippen MR) is 62.2 cm³/mol. The standard InChI is InChI=1S/C11H14ClN3O2/c12-10-3-11(14-6-13-10)17-9-1-7-4-16-5-8(2-9)15-7/h3,6-9,15H,1-2,4-5H2. The fourth-order valence-corrected chi connectivity index (χ4v) is 2.57. The summed E-state index contributed by atoms with van der Waals surface area (Å²) in [5.41, 5.74) is 0. The van der Waals surface area contributed by atoms with E-state index in [9.17, 15) is 0 Å². The lowest BCUT2D eigenvalue weighted by atomic mass is 9.95. The maximum absolute atomic E-state index is 5.84. The summed E-state index contributed by atoms with van der Waals surface area (Å²) in [5, 5.41) is 3.93. The largest absolute Gasteiger partial charge is 0.474 e. The van der Waals surface area contributed by atoms with Gasteiger partial charge < -0.3 is 14.8 Å². The molecule has 2 atom stereocenters. The number of hydrogen-bond acceptors (Lipinski definition) is 5. The fraction of sp³-hybridized carbons (Fsp3) is 0.636. The van der Waals surface area contributed by atoms with Gasteiger partial charge in [0.15, 0.2) is 0 Å². The number of nitrogens with zero attached hydrogens (tertiary/aromatic N) is 2. The highest BCUT2D eigenvalue weighted by Gasteiger charge is 2.33. The lowest BCUT2D eigenvalue weighted by molar-refractivity contribution is -0.0132. The Morgan fingerprint density at radius 3 is 2.76 bits per heavy atom. The van der Waals surface area contributed by atoms with E-state index in [1.807, 2.05) is 0 Å². The minimum absolute atomic E-state index is 0.182. The Balaban J connectivity index is 1.65. The summed E-state index contributed by atoms with van der Waals surface area (Å²) in [5.74, 6) is 0.552. The molecule has 1 aromatic rings. The third-order valence-electron chi connectivity index (χ3n) is 3.10. The van der Waals surface area contributed by atoms with Crippen molar-refractivity contribution in [2.24, 2.45) is 0 Å². The van der Waals surface area contributed by atoms with Gasteiger partial charge in [0, 0.05) is 31.0 Å². The maximum Gasteiger partial charge on any atom is 0.218 e. The fourth-order valence-electron chi connectivity index (χ4n) is 2.43. The average molecular weight is 256 g/mol. The smallest absolute Gasteiger partial charge is 0.218 e. The molecule has 92 valence electrons. The highest BCUT2D eigenvalue weighted by atomic mass is 35.5. The van der Waals surface area contributed by atoms with Crippen molar-refractivity contribution in [1.29, 1.82) is 0 Å². The third kappa shape index (κ3) is 2.68. The van der Waals surface area contributed by atoms with Crippen LogP contribution in [0.2, 0.25) is 5.15 Å². The van der Waals surface area contributed by atoms with Gasteiger partial charge in [-0.15, -0.1) is 0 Å². The molecular formula is C11H14ClN3O2. The number of ether oxygens (including phenoxy) is 2. The zero-order valence-electron chi connectivity index (χ0n) is 9.30. The Hall–Kier alpha value is -0.910. The summed E-state index contributed by atoms with van der Waals surface area (Å²) in [4.78, 5) is 7.89. The van der Waals surface area contributed by atoms with Gasteiger partial charge in [0.25, 0.3) is 0 Å². The summed E-state index contributed by atoms with van der Waals surface area (Å²) in [6.07, 6.45) is 3.49. The third-order valence-corrected chi connectivity index (χ3v) is 3.31. The molecule has 0 aromatic carbocycles. The molecule has 2 bridgehead atoms. The zero-order chi connectivity index (χ0) is 11.7. The molecule has 3 heterocycles. The first kappa shape index (κ1) is 11.2. The first-order valence-corrected chi connectivity index (χ1v) is 6.15. The van der Waals surface area contributed by atoms with Crippen LogP contribution in [0, 0.1) is 0 Å². The van der Waals surface area contributed by atoms with Crippen molar-refractivity contribution in [1.82, 2.24) is 15.3 Å². The van der Waals surface area contributed by atoms with Crippen LogP contribution in [0.15, 0.2) is 12.4 Å². The second-order valence-corrected chi connectivity index (χ2v) is 4.88. The van der Waals surface area contributed by atoms with Gasteiger partial charge in [0.1, 0.15) is 17.6 Å². The molecule has 6 heteroatoms. The minimum atomic E-state index is 0.182. The van der Waals surface area contributed by atoms with Gasteiger partial charge in [-0.3, -0.25) is 0 Å². The molecule has 0 amide bonds. The molecule has 0 radical (unpaired) electrons. The van der Waals surface area contributed by atoms with Crippen LogP contribution in [0.1, 0.15) is 12.8 Å².